The molecule has 1 aliphatic rings. The molecular formula is C22H22N2O. The van der Waals surface area contributed by atoms with Crippen LogP contribution in [0.3, 0.4) is 0 Å². The van der Waals surface area contributed by atoms with Crippen LogP contribution in [0.5, 0.6) is 0 Å². The zero-order valence-corrected chi connectivity index (χ0v) is 14.4. The highest BCUT2D eigenvalue weighted by molar-refractivity contribution is 5.93. The van der Waals surface area contributed by atoms with Crippen molar-refractivity contribution in [2.75, 3.05) is 6.61 Å². The van der Waals surface area contributed by atoms with Crippen molar-refractivity contribution in [2.24, 2.45) is 4.99 Å². The van der Waals surface area contributed by atoms with E-state index in [4.69, 9.17) is 9.73 Å². The summed E-state index contributed by atoms with van der Waals surface area (Å²) in [7, 11) is 0. The van der Waals surface area contributed by atoms with Gasteiger partial charge in [0.1, 0.15) is 12.3 Å². The maximum absolute atomic E-state index is 5.91. The average molecular weight is 330 g/mol. The standard InChI is InChI=1S/C22H22N2O/c1-17-9-11-19(12-10-17)15-24-13-5-8-21(24)22-23-20(16-25-22)14-18-6-3-2-4-7-18/h2-13,20H,14-16H2,1H3/t20-/m1/s1. The molecule has 2 heterocycles. The summed E-state index contributed by atoms with van der Waals surface area (Å²) in [4.78, 5) is 4.82. The molecule has 1 atom stereocenters. The van der Waals surface area contributed by atoms with Crippen molar-refractivity contribution in [3.05, 3.63) is 95.3 Å². The van der Waals surface area contributed by atoms with Crippen molar-refractivity contribution in [3.8, 4) is 0 Å². The Kier molecular flexibility index (Phi) is 4.38. The van der Waals surface area contributed by atoms with Crippen LogP contribution in [-0.4, -0.2) is 23.1 Å². The van der Waals surface area contributed by atoms with E-state index in [1.807, 2.05) is 6.07 Å². The minimum Gasteiger partial charge on any atom is -0.474 e. The molecule has 0 saturated heterocycles. The first-order valence-corrected chi connectivity index (χ1v) is 8.73. The Hall–Kier alpha value is -2.81. The molecule has 0 N–H and O–H groups in total. The molecule has 0 amide bonds. The van der Waals surface area contributed by atoms with E-state index in [2.05, 4.69) is 78.4 Å². The number of rotatable bonds is 5. The fraction of sp³-hybridized carbons (Fsp3) is 0.227. The number of benzene rings is 2. The minimum atomic E-state index is 0.195. The smallest absolute Gasteiger partial charge is 0.233 e. The largest absolute Gasteiger partial charge is 0.474 e. The maximum Gasteiger partial charge on any atom is 0.233 e. The summed E-state index contributed by atoms with van der Waals surface area (Å²) < 4.78 is 8.11. The van der Waals surface area contributed by atoms with E-state index in [1.165, 1.54) is 16.7 Å². The molecular weight excluding hydrogens is 308 g/mol. The molecule has 126 valence electrons. The quantitative estimate of drug-likeness (QED) is 0.687. The summed E-state index contributed by atoms with van der Waals surface area (Å²) in [5, 5.41) is 0. The molecule has 0 radical (unpaired) electrons. The van der Waals surface area contributed by atoms with Gasteiger partial charge in [-0.1, -0.05) is 60.2 Å². The number of hydrogen-bond acceptors (Lipinski definition) is 2. The average Bonchev–Trinajstić information content (AvgIpc) is 3.27. The fourth-order valence-electron chi connectivity index (χ4n) is 3.18. The zero-order valence-electron chi connectivity index (χ0n) is 14.4. The number of ether oxygens (including phenoxy) is 1. The van der Waals surface area contributed by atoms with Crippen molar-refractivity contribution >= 4 is 5.90 Å². The van der Waals surface area contributed by atoms with Crippen molar-refractivity contribution < 1.29 is 4.74 Å². The fourth-order valence-corrected chi connectivity index (χ4v) is 3.18. The lowest BCUT2D eigenvalue weighted by molar-refractivity contribution is 0.315. The molecule has 0 bridgehead atoms. The molecule has 3 aromatic rings. The number of aryl methyl sites for hydroxylation is 1. The van der Waals surface area contributed by atoms with Gasteiger partial charge in [0.2, 0.25) is 5.90 Å². The molecule has 4 rings (SSSR count). The second-order valence-corrected chi connectivity index (χ2v) is 6.60. The highest BCUT2D eigenvalue weighted by atomic mass is 16.5. The number of nitrogens with zero attached hydrogens (tertiary/aromatic N) is 2. The molecule has 0 unspecified atom stereocenters. The topological polar surface area (TPSA) is 26.5 Å². The molecule has 0 saturated carbocycles. The third-order valence-electron chi connectivity index (χ3n) is 4.55. The van der Waals surface area contributed by atoms with Crippen molar-refractivity contribution in [1.29, 1.82) is 0 Å². The summed E-state index contributed by atoms with van der Waals surface area (Å²) in [6.07, 6.45) is 3.01. The van der Waals surface area contributed by atoms with Gasteiger partial charge < -0.3 is 9.30 Å². The van der Waals surface area contributed by atoms with Crippen LogP contribution >= 0.6 is 0 Å². The van der Waals surface area contributed by atoms with Crippen LogP contribution in [0.2, 0.25) is 0 Å². The van der Waals surface area contributed by atoms with Crippen molar-refractivity contribution in [1.82, 2.24) is 4.57 Å². The molecule has 3 nitrogen and oxygen atoms in total. The number of aromatic nitrogens is 1. The molecule has 2 aromatic carbocycles. The lowest BCUT2D eigenvalue weighted by Gasteiger charge is -2.09. The van der Waals surface area contributed by atoms with Gasteiger partial charge in [0.15, 0.2) is 0 Å². The van der Waals surface area contributed by atoms with Crippen LogP contribution in [0.15, 0.2) is 77.9 Å². The maximum atomic E-state index is 5.91. The lowest BCUT2D eigenvalue weighted by atomic mass is 10.1. The Morgan fingerprint density at radius 3 is 2.56 bits per heavy atom. The first-order chi connectivity index (χ1) is 12.3. The van der Waals surface area contributed by atoms with E-state index in [1.54, 1.807) is 0 Å². The summed E-state index contributed by atoms with van der Waals surface area (Å²) in [6, 6.07) is 23.5. The molecule has 0 fully saturated rings. The minimum absolute atomic E-state index is 0.195. The van der Waals surface area contributed by atoms with Crippen LogP contribution in [-0.2, 0) is 17.7 Å². The van der Waals surface area contributed by atoms with E-state index in [0.717, 1.165) is 24.6 Å². The van der Waals surface area contributed by atoms with E-state index >= 15 is 0 Å². The predicted molar refractivity (Wildman–Crippen MR) is 101 cm³/mol. The first-order valence-electron chi connectivity index (χ1n) is 8.73. The van der Waals surface area contributed by atoms with Crippen LogP contribution < -0.4 is 0 Å². The summed E-state index contributed by atoms with van der Waals surface area (Å²) in [5.41, 5.74) is 4.92. The molecule has 1 aliphatic heterocycles. The monoisotopic (exact) mass is 330 g/mol. The van der Waals surface area contributed by atoms with Crippen LogP contribution in [0.4, 0.5) is 0 Å². The molecule has 0 spiro atoms. The molecule has 1 aromatic heterocycles. The predicted octanol–water partition coefficient (Wildman–Crippen LogP) is 4.23. The van der Waals surface area contributed by atoms with Gasteiger partial charge in [0.25, 0.3) is 0 Å². The van der Waals surface area contributed by atoms with Gasteiger partial charge in [-0.15, -0.1) is 0 Å². The summed E-state index contributed by atoms with van der Waals surface area (Å²) in [5.74, 6) is 0.762. The SMILES string of the molecule is Cc1ccc(Cn2cccc2C2=N[C@H](Cc3ccccc3)CO2)cc1. The third kappa shape index (κ3) is 3.66. The van der Waals surface area contributed by atoms with E-state index in [9.17, 15) is 0 Å². The van der Waals surface area contributed by atoms with E-state index in [0.29, 0.717) is 6.61 Å². The highest BCUT2D eigenvalue weighted by Gasteiger charge is 2.22. The van der Waals surface area contributed by atoms with Crippen LogP contribution in [0.25, 0.3) is 0 Å². The van der Waals surface area contributed by atoms with E-state index < -0.39 is 0 Å². The Labute approximate surface area is 148 Å². The molecule has 25 heavy (non-hydrogen) atoms. The van der Waals surface area contributed by atoms with Gasteiger partial charge in [-0.05, 0) is 36.6 Å². The Morgan fingerprint density at radius 1 is 0.960 bits per heavy atom. The van der Waals surface area contributed by atoms with Crippen LogP contribution in [0, 0.1) is 6.92 Å². The highest BCUT2D eigenvalue weighted by Crippen LogP contribution is 2.17. The Balaban J connectivity index is 1.50. The second-order valence-electron chi connectivity index (χ2n) is 6.60. The van der Waals surface area contributed by atoms with Crippen LogP contribution in [0.1, 0.15) is 22.4 Å². The van der Waals surface area contributed by atoms with Gasteiger partial charge in [-0.25, -0.2) is 4.99 Å². The number of aliphatic imine (C=N–C) groups is 1. The zero-order chi connectivity index (χ0) is 17.1. The number of hydrogen-bond donors (Lipinski definition) is 0. The normalized spacial score (nSPS) is 16.5. The Bertz CT molecular complexity index is 863. The summed E-state index contributed by atoms with van der Waals surface area (Å²) >= 11 is 0. The Morgan fingerprint density at radius 2 is 1.76 bits per heavy atom. The summed E-state index contributed by atoms with van der Waals surface area (Å²) in [6.45, 7) is 3.59. The lowest BCUT2D eigenvalue weighted by Crippen LogP contribution is -2.11. The third-order valence-corrected chi connectivity index (χ3v) is 4.55. The van der Waals surface area contributed by atoms with Gasteiger partial charge in [-0.3, -0.25) is 0 Å². The molecule has 0 aliphatic carbocycles. The van der Waals surface area contributed by atoms with Crippen molar-refractivity contribution in [3.63, 3.8) is 0 Å². The van der Waals surface area contributed by atoms with Gasteiger partial charge >= 0.3 is 0 Å². The first kappa shape index (κ1) is 15.7. The van der Waals surface area contributed by atoms with Crippen molar-refractivity contribution in [2.45, 2.75) is 25.9 Å². The second kappa shape index (κ2) is 6.98. The van der Waals surface area contributed by atoms with E-state index in [-0.39, 0.29) is 6.04 Å². The van der Waals surface area contributed by atoms with Gasteiger partial charge in [-0.2, -0.15) is 0 Å². The van der Waals surface area contributed by atoms with Gasteiger partial charge in [0, 0.05) is 12.7 Å². The van der Waals surface area contributed by atoms with Gasteiger partial charge in [0.05, 0.1) is 6.04 Å². The molecule has 3 heteroatoms.